The molecule has 0 spiro atoms. The van der Waals surface area contributed by atoms with Crippen LogP contribution in [0.3, 0.4) is 0 Å². The first-order valence-corrected chi connectivity index (χ1v) is 10.4. The molecule has 150 valence electrons. The van der Waals surface area contributed by atoms with E-state index in [-0.39, 0.29) is 17.1 Å². The van der Waals surface area contributed by atoms with Crippen LogP contribution in [0.4, 0.5) is 0 Å². The maximum absolute atomic E-state index is 13.4. The first-order chi connectivity index (χ1) is 14.0. The Morgan fingerprint density at radius 3 is 2.48 bits per heavy atom. The molecule has 4 rings (SSSR count). The summed E-state index contributed by atoms with van der Waals surface area (Å²) in [6, 6.07) is 14.1. The lowest BCUT2D eigenvalue weighted by molar-refractivity contribution is -0.895. The average molecular weight is 412 g/mol. The number of nitrogens with zero attached hydrogens (tertiary/aromatic N) is 1. The molecule has 6 heteroatoms. The molecule has 1 aromatic heterocycles. The minimum Gasteiger partial charge on any atom is -0.450 e. The Balaban J connectivity index is 1.87. The van der Waals surface area contributed by atoms with Crippen LogP contribution in [0.2, 0.25) is 5.02 Å². The van der Waals surface area contributed by atoms with E-state index in [1.54, 1.807) is 23.1 Å². The summed E-state index contributed by atoms with van der Waals surface area (Å²) in [6.45, 7) is 7.61. The second kappa shape index (κ2) is 8.01. The van der Waals surface area contributed by atoms with E-state index < -0.39 is 6.04 Å². The summed E-state index contributed by atoms with van der Waals surface area (Å²) in [5.74, 6) is -0.0809. The molecule has 1 aliphatic heterocycles. The van der Waals surface area contributed by atoms with Gasteiger partial charge in [0, 0.05) is 5.02 Å². The maximum Gasteiger partial charge on any atom is 0.291 e. The Kier molecular flexibility index (Phi) is 5.43. The lowest BCUT2D eigenvalue weighted by Crippen LogP contribution is -3.12. The Morgan fingerprint density at radius 2 is 1.79 bits per heavy atom. The van der Waals surface area contributed by atoms with E-state index in [1.807, 2.05) is 30.3 Å². The number of quaternary nitrogens is 1. The molecule has 5 nitrogen and oxygen atoms in total. The van der Waals surface area contributed by atoms with Crippen LogP contribution in [0.15, 0.2) is 57.7 Å². The van der Waals surface area contributed by atoms with Gasteiger partial charge in [0.05, 0.1) is 43.2 Å². The van der Waals surface area contributed by atoms with Gasteiger partial charge in [-0.2, -0.15) is 0 Å². The minimum absolute atomic E-state index is 0.147. The van der Waals surface area contributed by atoms with Gasteiger partial charge >= 0.3 is 0 Å². The van der Waals surface area contributed by atoms with Crippen molar-refractivity contribution >= 4 is 28.5 Å². The fourth-order valence-electron chi connectivity index (χ4n) is 4.09. The molecule has 0 saturated carbocycles. The van der Waals surface area contributed by atoms with Crippen molar-refractivity contribution in [3.63, 3.8) is 0 Å². The Hall–Kier alpha value is -2.63. The fourth-order valence-corrected chi connectivity index (χ4v) is 4.26. The third-order valence-electron chi connectivity index (χ3n) is 5.75. The molecule has 0 radical (unpaired) electrons. The third kappa shape index (κ3) is 3.45. The molecule has 0 saturated heterocycles. The second-order valence-electron chi connectivity index (χ2n) is 7.33. The normalized spacial score (nSPS) is 16.1. The predicted molar refractivity (Wildman–Crippen MR) is 114 cm³/mol. The lowest BCUT2D eigenvalue weighted by Gasteiger charge is -2.26. The summed E-state index contributed by atoms with van der Waals surface area (Å²) in [5, 5.41) is 0.869. The van der Waals surface area contributed by atoms with Crippen molar-refractivity contribution in [2.45, 2.75) is 19.9 Å². The molecule has 0 aliphatic carbocycles. The highest BCUT2D eigenvalue weighted by atomic mass is 35.5. The van der Waals surface area contributed by atoms with Crippen LogP contribution >= 0.6 is 11.6 Å². The predicted octanol–water partition coefficient (Wildman–Crippen LogP) is 2.92. The van der Waals surface area contributed by atoms with E-state index in [0.29, 0.717) is 28.1 Å². The molecule has 1 atom stereocenters. The van der Waals surface area contributed by atoms with Crippen molar-refractivity contribution in [2.75, 3.05) is 26.2 Å². The van der Waals surface area contributed by atoms with Crippen molar-refractivity contribution in [1.82, 2.24) is 4.90 Å². The number of rotatable bonds is 6. The Morgan fingerprint density at radius 1 is 1.07 bits per heavy atom. The number of fused-ring (bicyclic) bond motifs is 2. The molecule has 0 bridgehead atoms. The van der Waals surface area contributed by atoms with Gasteiger partial charge in [-0.15, -0.1) is 0 Å². The number of hydrogen-bond donors (Lipinski definition) is 1. The minimum atomic E-state index is -0.451. The zero-order valence-corrected chi connectivity index (χ0v) is 17.3. The Bertz CT molecular complexity index is 1110. The number of carbonyl (C=O) groups is 1. The van der Waals surface area contributed by atoms with Crippen LogP contribution in [0.5, 0.6) is 0 Å². The second-order valence-corrected chi connectivity index (χ2v) is 7.77. The summed E-state index contributed by atoms with van der Waals surface area (Å²) >= 11 is 6.11. The van der Waals surface area contributed by atoms with Crippen LogP contribution in [-0.2, 0) is 0 Å². The van der Waals surface area contributed by atoms with Gasteiger partial charge in [-0.25, -0.2) is 0 Å². The number of amides is 1. The number of halogens is 1. The maximum atomic E-state index is 13.4. The molecular formula is C23H24ClN2O3+. The van der Waals surface area contributed by atoms with Crippen LogP contribution in [-0.4, -0.2) is 37.0 Å². The van der Waals surface area contributed by atoms with Crippen molar-refractivity contribution in [3.05, 3.63) is 80.7 Å². The zero-order valence-electron chi connectivity index (χ0n) is 16.6. The van der Waals surface area contributed by atoms with Gasteiger partial charge in [-0.3, -0.25) is 9.59 Å². The summed E-state index contributed by atoms with van der Waals surface area (Å²) in [6.07, 6.45) is 0. The SMILES string of the molecule is CC[NH+](CC)CCN1C(=O)c2oc3ccc(Cl)cc3c(=O)c2[C@H]1c1ccccc1. The molecular weight excluding hydrogens is 388 g/mol. The summed E-state index contributed by atoms with van der Waals surface area (Å²) in [7, 11) is 0. The van der Waals surface area contributed by atoms with E-state index in [0.717, 1.165) is 25.2 Å². The van der Waals surface area contributed by atoms with E-state index in [4.69, 9.17) is 16.0 Å². The Labute approximate surface area is 174 Å². The third-order valence-corrected chi connectivity index (χ3v) is 5.98. The summed E-state index contributed by atoms with van der Waals surface area (Å²) < 4.78 is 5.94. The number of carbonyl (C=O) groups excluding carboxylic acids is 1. The zero-order chi connectivity index (χ0) is 20.5. The van der Waals surface area contributed by atoms with Gasteiger partial charge in [-0.1, -0.05) is 41.9 Å². The highest BCUT2D eigenvalue weighted by Gasteiger charge is 2.42. The molecule has 0 fully saturated rings. The lowest BCUT2D eigenvalue weighted by atomic mass is 9.98. The number of nitrogens with one attached hydrogen (secondary N) is 1. The van der Waals surface area contributed by atoms with E-state index >= 15 is 0 Å². The number of benzene rings is 2. The molecule has 29 heavy (non-hydrogen) atoms. The molecule has 3 aromatic rings. The van der Waals surface area contributed by atoms with Crippen LogP contribution in [0.1, 0.15) is 41.6 Å². The fraction of sp³-hybridized carbons (Fsp3) is 0.304. The number of hydrogen-bond acceptors (Lipinski definition) is 3. The molecule has 2 aromatic carbocycles. The topological polar surface area (TPSA) is 55.0 Å². The molecule has 1 aliphatic rings. The highest BCUT2D eigenvalue weighted by molar-refractivity contribution is 6.31. The van der Waals surface area contributed by atoms with Gasteiger partial charge in [0.25, 0.3) is 5.91 Å². The largest absolute Gasteiger partial charge is 0.450 e. The van der Waals surface area contributed by atoms with Gasteiger partial charge in [-0.05, 0) is 37.6 Å². The van der Waals surface area contributed by atoms with E-state index in [9.17, 15) is 9.59 Å². The number of likely N-dealkylation sites (N-methyl/N-ethyl adjacent to an activating group) is 1. The van der Waals surface area contributed by atoms with E-state index in [1.165, 1.54) is 4.90 Å². The summed E-state index contributed by atoms with van der Waals surface area (Å²) in [4.78, 5) is 29.9. The quantitative estimate of drug-likeness (QED) is 0.678. The van der Waals surface area contributed by atoms with Gasteiger partial charge < -0.3 is 14.2 Å². The molecule has 2 heterocycles. The molecule has 1 amide bonds. The van der Waals surface area contributed by atoms with Gasteiger partial charge in [0.1, 0.15) is 5.58 Å². The molecule has 0 unspecified atom stereocenters. The average Bonchev–Trinajstić information content (AvgIpc) is 3.02. The standard InChI is InChI=1S/C23H23ClN2O3/c1-3-25(4-2)12-13-26-20(15-8-6-5-7-9-15)19-21(27)17-14-16(24)10-11-18(17)29-22(19)23(26)28/h5-11,14,20H,3-4,12-13H2,1-2H3/p+1/t20-/m1/s1. The van der Waals surface area contributed by atoms with Gasteiger partial charge in [0.15, 0.2) is 5.43 Å². The van der Waals surface area contributed by atoms with Gasteiger partial charge in [0.2, 0.25) is 5.76 Å². The summed E-state index contributed by atoms with van der Waals surface area (Å²) in [5.41, 5.74) is 1.51. The van der Waals surface area contributed by atoms with Crippen molar-refractivity contribution in [3.8, 4) is 0 Å². The van der Waals surface area contributed by atoms with E-state index in [2.05, 4.69) is 13.8 Å². The van der Waals surface area contributed by atoms with Crippen LogP contribution in [0, 0.1) is 0 Å². The van der Waals surface area contributed by atoms with Crippen molar-refractivity contribution in [1.29, 1.82) is 0 Å². The molecule has 1 N–H and O–H groups in total. The monoisotopic (exact) mass is 411 g/mol. The van der Waals surface area contributed by atoms with Crippen LogP contribution in [0.25, 0.3) is 11.0 Å². The van der Waals surface area contributed by atoms with Crippen LogP contribution < -0.4 is 10.3 Å². The highest BCUT2D eigenvalue weighted by Crippen LogP contribution is 2.37. The van der Waals surface area contributed by atoms with Crippen molar-refractivity contribution in [2.24, 2.45) is 0 Å². The first kappa shape index (κ1) is 19.7. The smallest absolute Gasteiger partial charge is 0.291 e. The van der Waals surface area contributed by atoms with Crippen molar-refractivity contribution < 1.29 is 14.1 Å². The first-order valence-electron chi connectivity index (χ1n) is 10.0.